The van der Waals surface area contributed by atoms with E-state index in [1.54, 1.807) is 35.3 Å². The van der Waals surface area contributed by atoms with Crippen LogP contribution in [0.15, 0.2) is 55.0 Å². The summed E-state index contributed by atoms with van der Waals surface area (Å²) >= 11 is 0. The Morgan fingerprint density at radius 2 is 1.81 bits per heavy atom. The van der Waals surface area contributed by atoms with Crippen LogP contribution in [0.3, 0.4) is 0 Å². The first-order valence-electron chi connectivity index (χ1n) is 9.01. The molecule has 3 rings (SSSR count). The topological polar surface area (TPSA) is 77.7 Å². The van der Waals surface area contributed by atoms with Gasteiger partial charge in [0, 0.05) is 25.2 Å². The van der Waals surface area contributed by atoms with Crippen molar-refractivity contribution in [1.29, 1.82) is 0 Å². The molecular weight excluding hydrogens is 340 g/mol. The van der Waals surface area contributed by atoms with Crippen molar-refractivity contribution in [2.75, 3.05) is 0 Å². The molecule has 0 aliphatic heterocycles. The summed E-state index contributed by atoms with van der Waals surface area (Å²) in [4.78, 5) is 33.1. The molecule has 3 aromatic heterocycles. The van der Waals surface area contributed by atoms with Crippen LogP contribution in [0.25, 0.3) is 5.82 Å². The molecule has 0 radical (unpaired) electrons. The predicted molar refractivity (Wildman–Crippen MR) is 102 cm³/mol. The van der Waals surface area contributed by atoms with Crippen molar-refractivity contribution in [2.45, 2.75) is 33.1 Å². The quantitative estimate of drug-likeness (QED) is 0.571. The van der Waals surface area contributed by atoms with E-state index < -0.39 is 0 Å². The molecular formula is C21H22N4O2. The number of carbonyl (C=O) groups is 2. The Labute approximate surface area is 158 Å². The lowest BCUT2D eigenvalue weighted by Crippen LogP contribution is -2.10. The Morgan fingerprint density at radius 3 is 2.52 bits per heavy atom. The van der Waals surface area contributed by atoms with E-state index >= 15 is 0 Å². The summed E-state index contributed by atoms with van der Waals surface area (Å²) in [7, 11) is 0. The molecule has 0 aliphatic rings. The van der Waals surface area contributed by atoms with E-state index in [0.717, 1.165) is 11.4 Å². The Hall–Kier alpha value is -3.15. The van der Waals surface area contributed by atoms with Gasteiger partial charge in [-0.25, -0.2) is 14.6 Å². The van der Waals surface area contributed by atoms with Crippen LogP contribution in [-0.2, 0) is 6.42 Å². The highest BCUT2D eigenvalue weighted by Crippen LogP contribution is 2.12. The first-order chi connectivity index (χ1) is 13.0. The summed E-state index contributed by atoms with van der Waals surface area (Å²) in [6, 6.07) is 10.6. The molecule has 0 aromatic carbocycles. The Morgan fingerprint density at radius 1 is 1.04 bits per heavy atom. The highest BCUT2D eigenvalue weighted by Gasteiger charge is 2.14. The van der Waals surface area contributed by atoms with Crippen LogP contribution >= 0.6 is 0 Å². The van der Waals surface area contributed by atoms with Crippen LogP contribution in [0.4, 0.5) is 0 Å². The van der Waals surface area contributed by atoms with Crippen molar-refractivity contribution in [3.8, 4) is 5.82 Å². The minimum Gasteiger partial charge on any atom is -0.292 e. The van der Waals surface area contributed by atoms with Gasteiger partial charge in [-0.15, -0.1) is 0 Å². The van der Waals surface area contributed by atoms with E-state index in [1.165, 1.54) is 0 Å². The molecule has 0 unspecified atom stereocenters. The van der Waals surface area contributed by atoms with Gasteiger partial charge in [0.05, 0.1) is 6.20 Å². The molecule has 3 heterocycles. The van der Waals surface area contributed by atoms with E-state index in [0.29, 0.717) is 30.7 Å². The van der Waals surface area contributed by atoms with E-state index in [2.05, 4.69) is 15.1 Å². The monoisotopic (exact) mass is 362 g/mol. The molecule has 27 heavy (non-hydrogen) atoms. The Kier molecular flexibility index (Phi) is 5.86. The molecule has 0 amide bonds. The summed E-state index contributed by atoms with van der Waals surface area (Å²) in [5.74, 6) is 0.874. The third kappa shape index (κ3) is 4.94. The van der Waals surface area contributed by atoms with Crippen molar-refractivity contribution in [3.63, 3.8) is 0 Å². The van der Waals surface area contributed by atoms with Gasteiger partial charge in [-0.1, -0.05) is 26.0 Å². The number of carbonyl (C=O) groups excluding carboxylic acids is 2. The minimum atomic E-state index is -0.0835. The molecule has 138 valence electrons. The number of hydrogen-bond acceptors (Lipinski definition) is 5. The molecule has 3 aromatic rings. The van der Waals surface area contributed by atoms with Crippen molar-refractivity contribution in [2.24, 2.45) is 5.92 Å². The van der Waals surface area contributed by atoms with Crippen LogP contribution in [0.5, 0.6) is 0 Å². The molecule has 0 N–H and O–H groups in total. The van der Waals surface area contributed by atoms with Gasteiger partial charge in [0.25, 0.3) is 0 Å². The van der Waals surface area contributed by atoms with Gasteiger partial charge in [-0.3, -0.25) is 9.59 Å². The largest absolute Gasteiger partial charge is 0.292 e. The van der Waals surface area contributed by atoms with Crippen LogP contribution in [0, 0.1) is 5.92 Å². The van der Waals surface area contributed by atoms with Crippen molar-refractivity contribution >= 4 is 11.6 Å². The molecule has 0 aliphatic carbocycles. The second-order valence-corrected chi connectivity index (χ2v) is 6.83. The number of Topliss-reactive ketones (excluding diaryl/α,β-unsaturated/α-hetero) is 2. The third-order valence-electron chi connectivity index (χ3n) is 4.07. The minimum absolute atomic E-state index is 0.0312. The van der Waals surface area contributed by atoms with Crippen LogP contribution in [0.1, 0.15) is 53.2 Å². The van der Waals surface area contributed by atoms with Gasteiger partial charge in [-0.2, -0.15) is 5.10 Å². The SMILES string of the molecule is CC(C)CC(=O)c1cccc(C(=O)CCc2cnn(-c3ccccn3)c2)n1. The number of rotatable bonds is 8. The molecule has 0 fully saturated rings. The number of hydrogen-bond donors (Lipinski definition) is 0. The van der Waals surface area contributed by atoms with Crippen LogP contribution in [-0.4, -0.2) is 31.3 Å². The number of nitrogens with zero attached hydrogens (tertiary/aromatic N) is 4. The molecule has 0 bridgehead atoms. The van der Waals surface area contributed by atoms with Gasteiger partial charge in [-0.05, 0) is 42.2 Å². The summed E-state index contributed by atoms with van der Waals surface area (Å²) in [6.07, 6.45) is 6.60. The maximum absolute atomic E-state index is 12.5. The predicted octanol–water partition coefficient (Wildman–Crippen LogP) is 3.71. The zero-order valence-electron chi connectivity index (χ0n) is 15.5. The van der Waals surface area contributed by atoms with Crippen LogP contribution < -0.4 is 0 Å². The molecule has 0 atom stereocenters. The molecule has 6 nitrogen and oxygen atoms in total. The number of aromatic nitrogens is 4. The third-order valence-corrected chi connectivity index (χ3v) is 4.07. The second-order valence-electron chi connectivity index (χ2n) is 6.83. The average Bonchev–Trinajstić information content (AvgIpc) is 3.15. The molecule has 0 spiro atoms. The zero-order chi connectivity index (χ0) is 19.2. The Balaban J connectivity index is 1.63. The van der Waals surface area contributed by atoms with Crippen molar-refractivity contribution in [1.82, 2.24) is 19.7 Å². The first-order valence-corrected chi connectivity index (χ1v) is 9.01. The maximum Gasteiger partial charge on any atom is 0.181 e. The molecule has 0 saturated carbocycles. The lowest BCUT2D eigenvalue weighted by Gasteiger charge is -2.05. The highest BCUT2D eigenvalue weighted by molar-refractivity contribution is 5.98. The lowest BCUT2D eigenvalue weighted by atomic mass is 10.0. The lowest BCUT2D eigenvalue weighted by molar-refractivity contribution is 0.0962. The molecule has 6 heteroatoms. The first kappa shape index (κ1) is 18.6. The fraction of sp³-hybridized carbons (Fsp3) is 0.286. The van der Waals surface area contributed by atoms with Gasteiger partial charge < -0.3 is 0 Å². The van der Waals surface area contributed by atoms with Crippen molar-refractivity contribution in [3.05, 3.63) is 71.9 Å². The number of ketones is 2. The second kappa shape index (κ2) is 8.49. The van der Waals surface area contributed by atoms with Gasteiger partial charge in [0.1, 0.15) is 11.4 Å². The number of pyridine rings is 2. The standard InChI is InChI=1S/C21H22N4O2/c1-15(2)12-20(27)18-7-5-6-17(24-18)19(26)10-9-16-13-23-25(14-16)21-8-3-4-11-22-21/h3-8,11,13-15H,9-10,12H2,1-2H3. The summed E-state index contributed by atoms with van der Waals surface area (Å²) in [5, 5.41) is 4.28. The number of aryl methyl sites for hydroxylation is 1. The fourth-order valence-electron chi connectivity index (χ4n) is 2.71. The van der Waals surface area contributed by atoms with E-state index in [4.69, 9.17) is 0 Å². The van der Waals surface area contributed by atoms with E-state index in [-0.39, 0.29) is 17.5 Å². The summed E-state index contributed by atoms with van der Waals surface area (Å²) < 4.78 is 1.68. The highest BCUT2D eigenvalue weighted by atomic mass is 16.1. The van der Waals surface area contributed by atoms with E-state index in [9.17, 15) is 9.59 Å². The smallest absolute Gasteiger partial charge is 0.181 e. The zero-order valence-corrected chi connectivity index (χ0v) is 15.5. The normalized spacial score (nSPS) is 10.9. The Bertz CT molecular complexity index is 932. The van der Waals surface area contributed by atoms with Crippen LogP contribution in [0.2, 0.25) is 0 Å². The van der Waals surface area contributed by atoms with Gasteiger partial charge in [0.15, 0.2) is 17.4 Å². The van der Waals surface area contributed by atoms with Gasteiger partial charge >= 0.3 is 0 Å². The maximum atomic E-state index is 12.5. The van der Waals surface area contributed by atoms with E-state index in [1.807, 2.05) is 38.2 Å². The summed E-state index contributed by atoms with van der Waals surface area (Å²) in [6.45, 7) is 3.97. The fourth-order valence-corrected chi connectivity index (χ4v) is 2.71. The van der Waals surface area contributed by atoms with Gasteiger partial charge in [0.2, 0.25) is 0 Å². The summed E-state index contributed by atoms with van der Waals surface area (Å²) in [5.41, 5.74) is 1.64. The molecule has 0 saturated heterocycles. The average molecular weight is 362 g/mol. The van der Waals surface area contributed by atoms with Crippen molar-refractivity contribution < 1.29 is 9.59 Å².